The zero-order valence-electron chi connectivity index (χ0n) is 14.9. The van der Waals surface area contributed by atoms with E-state index in [4.69, 9.17) is 4.74 Å². The summed E-state index contributed by atoms with van der Waals surface area (Å²) in [4.78, 5) is 41.4. The van der Waals surface area contributed by atoms with Gasteiger partial charge in [0.15, 0.2) is 4.34 Å². The van der Waals surface area contributed by atoms with Gasteiger partial charge in [0.05, 0.1) is 12.9 Å². The highest BCUT2D eigenvalue weighted by atomic mass is 32.2. The van der Waals surface area contributed by atoms with Crippen LogP contribution in [0.15, 0.2) is 34.0 Å². The number of carbonyl (C=O) groups is 3. The molecule has 8 nitrogen and oxygen atoms in total. The first-order valence-corrected chi connectivity index (χ1v) is 9.85. The fourth-order valence-corrected chi connectivity index (χ4v) is 4.19. The van der Waals surface area contributed by atoms with Crippen molar-refractivity contribution in [2.24, 2.45) is 0 Å². The van der Waals surface area contributed by atoms with Gasteiger partial charge in [-0.25, -0.2) is 9.78 Å². The van der Waals surface area contributed by atoms with Crippen LogP contribution in [0.1, 0.15) is 18.2 Å². The van der Waals surface area contributed by atoms with Crippen molar-refractivity contribution in [2.75, 3.05) is 12.9 Å². The van der Waals surface area contributed by atoms with E-state index in [2.05, 4.69) is 15.7 Å². The molecule has 1 aromatic carbocycles. The molecule has 0 saturated carbocycles. The topological polar surface area (TPSA) is 101 Å². The number of methoxy groups -OCH3 is 1. The number of thiazole rings is 1. The van der Waals surface area contributed by atoms with Crippen molar-refractivity contribution in [3.8, 4) is 5.75 Å². The summed E-state index contributed by atoms with van der Waals surface area (Å²) in [5.74, 6) is -0.335. The number of nitrogens with one attached hydrogen (secondary N) is 2. The van der Waals surface area contributed by atoms with Crippen LogP contribution in [0.25, 0.3) is 0 Å². The van der Waals surface area contributed by atoms with Crippen LogP contribution in [-0.2, 0) is 15.1 Å². The van der Waals surface area contributed by atoms with Gasteiger partial charge >= 0.3 is 6.03 Å². The Balaban J connectivity index is 1.66. The number of thioether (sulfide) groups is 1. The Labute approximate surface area is 164 Å². The number of amides is 4. The average Bonchev–Trinajstić information content (AvgIpc) is 3.17. The van der Waals surface area contributed by atoms with Crippen molar-refractivity contribution in [1.29, 1.82) is 0 Å². The molecule has 0 bridgehead atoms. The summed E-state index contributed by atoms with van der Waals surface area (Å²) in [5.41, 5.74) is 2.57. The number of ether oxygens (including phenoxy) is 1. The molecule has 0 spiro atoms. The van der Waals surface area contributed by atoms with E-state index in [1.54, 1.807) is 38.3 Å². The van der Waals surface area contributed by atoms with Crippen LogP contribution in [0.5, 0.6) is 5.75 Å². The minimum atomic E-state index is -1.27. The molecule has 4 amide bonds. The lowest BCUT2D eigenvalue weighted by molar-refractivity contribution is -0.138. The number of aromatic nitrogens is 1. The van der Waals surface area contributed by atoms with Crippen molar-refractivity contribution in [3.05, 3.63) is 40.9 Å². The molecule has 1 aromatic heterocycles. The molecule has 2 heterocycles. The first kappa shape index (κ1) is 19.2. The van der Waals surface area contributed by atoms with Crippen LogP contribution in [0.4, 0.5) is 4.79 Å². The Bertz CT molecular complexity index is 883. The molecule has 1 aliphatic heterocycles. The van der Waals surface area contributed by atoms with E-state index in [1.165, 1.54) is 23.1 Å². The van der Waals surface area contributed by atoms with Crippen LogP contribution in [0.3, 0.4) is 0 Å². The van der Waals surface area contributed by atoms with Crippen molar-refractivity contribution in [3.63, 3.8) is 0 Å². The highest BCUT2D eigenvalue weighted by Crippen LogP contribution is 2.29. The van der Waals surface area contributed by atoms with E-state index in [0.29, 0.717) is 11.3 Å². The molecule has 2 aromatic rings. The lowest BCUT2D eigenvalue weighted by atomic mass is 9.92. The van der Waals surface area contributed by atoms with E-state index in [9.17, 15) is 14.4 Å². The number of hydrogen-bond donors (Lipinski definition) is 2. The van der Waals surface area contributed by atoms with Crippen molar-refractivity contribution >= 4 is 40.9 Å². The third kappa shape index (κ3) is 3.91. The standard InChI is InChI=1S/C17H18N4O4S2/c1-10-8-26-16(18-10)27-9-13(22)20-21-14(23)17(2,19-15(21)24)11-4-6-12(25-3)7-5-11/h4-8H,9H2,1-3H3,(H,19,24)(H,20,22)/t17-/m0/s1. The average molecular weight is 406 g/mol. The molecule has 3 rings (SSSR count). The lowest BCUT2D eigenvalue weighted by Crippen LogP contribution is -2.48. The minimum Gasteiger partial charge on any atom is -0.497 e. The van der Waals surface area contributed by atoms with E-state index >= 15 is 0 Å². The van der Waals surface area contributed by atoms with Crippen molar-refractivity contribution in [2.45, 2.75) is 23.7 Å². The first-order chi connectivity index (χ1) is 12.8. The van der Waals surface area contributed by atoms with Gasteiger partial charge in [0.25, 0.3) is 5.91 Å². The fraction of sp³-hybridized carbons (Fsp3) is 0.294. The zero-order valence-corrected chi connectivity index (χ0v) is 16.6. The molecule has 2 N–H and O–H groups in total. The highest BCUT2D eigenvalue weighted by molar-refractivity contribution is 8.01. The molecular weight excluding hydrogens is 388 g/mol. The highest BCUT2D eigenvalue weighted by Gasteiger charge is 2.50. The molecule has 142 valence electrons. The zero-order chi connectivity index (χ0) is 19.6. The second-order valence-corrected chi connectivity index (χ2v) is 8.08. The number of carbonyl (C=O) groups excluding carboxylic acids is 3. The van der Waals surface area contributed by atoms with Gasteiger partial charge in [-0.1, -0.05) is 23.9 Å². The molecular formula is C17H18N4O4S2. The van der Waals surface area contributed by atoms with Crippen LogP contribution in [0.2, 0.25) is 0 Å². The van der Waals surface area contributed by atoms with E-state index < -0.39 is 23.4 Å². The molecule has 27 heavy (non-hydrogen) atoms. The molecule has 1 aliphatic rings. The number of hydrazine groups is 1. The van der Waals surface area contributed by atoms with Gasteiger partial charge in [-0.05, 0) is 31.5 Å². The van der Waals surface area contributed by atoms with Gasteiger partial charge in [-0.2, -0.15) is 5.01 Å². The van der Waals surface area contributed by atoms with Crippen molar-refractivity contribution in [1.82, 2.24) is 20.7 Å². The number of aryl methyl sites for hydroxylation is 1. The maximum Gasteiger partial charge on any atom is 0.344 e. The summed E-state index contributed by atoms with van der Waals surface area (Å²) < 4.78 is 5.86. The molecule has 1 saturated heterocycles. The maximum atomic E-state index is 12.8. The molecule has 1 atom stereocenters. The van der Waals surface area contributed by atoms with Crippen LogP contribution < -0.4 is 15.5 Å². The second-order valence-electron chi connectivity index (χ2n) is 6.00. The monoisotopic (exact) mass is 406 g/mol. The molecule has 0 unspecified atom stereocenters. The third-order valence-corrected chi connectivity index (χ3v) is 6.16. The van der Waals surface area contributed by atoms with E-state index in [0.717, 1.165) is 15.0 Å². The summed E-state index contributed by atoms with van der Waals surface area (Å²) in [6, 6.07) is 6.12. The van der Waals surface area contributed by atoms with Gasteiger partial charge in [0, 0.05) is 11.1 Å². The predicted molar refractivity (Wildman–Crippen MR) is 101 cm³/mol. The number of nitrogens with zero attached hydrogens (tertiary/aromatic N) is 2. The number of urea groups is 1. The van der Waals surface area contributed by atoms with Gasteiger partial charge in [0.2, 0.25) is 5.91 Å². The van der Waals surface area contributed by atoms with Crippen LogP contribution >= 0.6 is 23.1 Å². The van der Waals surface area contributed by atoms with Gasteiger partial charge < -0.3 is 10.1 Å². The SMILES string of the molecule is COc1ccc([C@]2(C)NC(=O)N(NC(=O)CSc3nc(C)cs3)C2=O)cc1. The van der Waals surface area contributed by atoms with Gasteiger partial charge in [0.1, 0.15) is 11.3 Å². The minimum absolute atomic E-state index is 0.0449. The molecule has 0 radical (unpaired) electrons. The van der Waals surface area contributed by atoms with Gasteiger partial charge in [-0.3, -0.25) is 15.0 Å². The Kier molecular flexibility index (Phi) is 5.38. The molecule has 10 heteroatoms. The summed E-state index contributed by atoms with van der Waals surface area (Å²) in [7, 11) is 1.54. The summed E-state index contributed by atoms with van der Waals surface area (Å²) >= 11 is 2.68. The molecule has 0 aliphatic carbocycles. The lowest BCUT2D eigenvalue weighted by Gasteiger charge is -2.22. The maximum absolute atomic E-state index is 12.8. The van der Waals surface area contributed by atoms with Crippen LogP contribution in [0, 0.1) is 6.92 Å². The Morgan fingerprint density at radius 1 is 1.37 bits per heavy atom. The molecule has 1 fully saturated rings. The fourth-order valence-electron chi connectivity index (χ4n) is 2.54. The smallest absolute Gasteiger partial charge is 0.344 e. The Morgan fingerprint density at radius 3 is 2.67 bits per heavy atom. The number of benzene rings is 1. The summed E-state index contributed by atoms with van der Waals surface area (Å²) in [5, 5.41) is 5.24. The number of imide groups is 1. The Hall–Kier alpha value is -2.59. The summed E-state index contributed by atoms with van der Waals surface area (Å²) in [6.07, 6.45) is 0. The normalized spacial score (nSPS) is 19.1. The second kappa shape index (κ2) is 7.57. The first-order valence-electron chi connectivity index (χ1n) is 7.99. The van der Waals surface area contributed by atoms with Crippen molar-refractivity contribution < 1.29 is 19.1 Å². The van der Waals surface area contributed by atoms with Crippen LogP contribution in [-0.4, -0.2) is 40.7 Å². The van der Waals surface area contributed by atoms with Gasteiger partial charge in [-0.15, -0.1) is 11.3 Å². The third-order valence-electron chi connectivity index (χ3n) is 4.02. The predicted octanol–water partition coefficient (Wildman–Crippen LogP) is 2.05. The van der Waals surface area contributed by atoms with E-state index in [1.807, 2.05) is 12.3 Å². The number of rotatable bonds is 6. The number of hydrogen-bond acceptors (Lipinski definition) is 7. The summed E-state index contributed by atoms with van der Waals surface area (Å²) in [6.45, 7) is 3.46. The largest absolute Gasteiger partial charge is 0.497 e. The Morgan fingerprint density at radius 2 is 2.07 bits per heavy atom. The van der Waals surface area contributed by atoms with E-state index in [-0.39, 0.29) is 5.75 Å². The quantitative estimate of drug-likeness (QED) is 0.563.